The molecule has 1 N–H and O–H groups in total. The summed E-state index contributed by atoms with van der Waals surface area (Å²) in [6, 6.07) is 11.7. The standard InChI is InChI=1S/C18H21N3O4S/c1-3-4-11-24-15-8-5-7-14(12-15)13(2)21-26(22,23)17-10-6-9-16-18(17)20-25-19-16/h5-10,12-13,21H,3-4,11H2,1-2H3/t13-/m1/s1. The molecule has 1 atom stereocenters. The zero-order valence-electron chi connectivity index (χ0n) is 14.7. The number of ether oxygens (including phenoxy) is 1. The van der Waals surface area contributed by atoms with Crippen molar-refractivity contribution in [3.63, 3.8) is 0 Å². The molecule has 0 amide bonds. The van der Waals surface area contributed by atoms with E-state index in [1.807, 2.05) is 24.3 Å². The summed E-state index contributed by atoms with van der Waals surface area (Å²) < 4.78 is 38.6. The van der Waals surface area contributed by atoms with Gasteiger partial charge in [0.1, 0.15) is 16.2 Å². The van der Waals surface area contributed by atoms with E-state index in [2.05, 4.69) is 26.6 Å². The Hall–Kier alpha value is -2.45. The highest BCUT2D eigenvalue weighted by atomic mass is 32.2. The summed E-state index contributed by atoms with van der Waals surface area (Å²) in [5, 5.41) is 7.38. The van der Waals surface area contributed by atoms with Gasteiger partial charge in [-0.2, -0.15) is 0 Å². The third-order valence-corrected chi connectivity index (χ3v) is 5.57. The topological polar surface area (TPSA) is 94.3 Å². The van der Waals surface area contributed by atoms with Crippen molar-refractivity contribution in [3.8, 4) is 5.75 Å². The third-order valence-electron chi connectivity index (χ3n) is 4.00. The largest absolute Gasteiger partial charge is 0.494 e. The van der Waals surface area contributed by atoms with E-state index in [1.54, 1.807) is 19.1 Å². The monoisotopic (exact) mass is 375 g/mol. The van der Waals surface area contributed by atoms with E-state index in [-0.39, 0.29) is 10.4 Å². The fraction of sp³-hybridized carbons (Fsp3) is 0.333. The smallest absolute Gasteiger partial charge is 0.243 e. The van der Waals surface area contributed by atoms with Gasteiger partial charge >= 0.3 is 0 Å². The molecule has 0 aliphatic carbocycles. The van der Waals surface area contributed by atoms with E-state index in [0.717, 1.165) is 24.2 Å². The Morgan fingerprint density at radius 3 is 2.81 bits per heavy atom. The lowest BCUT2D eigenvalue weighted by molar-refractivity contribution is 0.309. The van der Waals surface area contributed by atoms with Crippen molar-refractivity contribution in [1.29, 1.82) is 0 Å². The van der Waals surface area contributed by atoms with E-state index in [9.17, 15) is 8.42 Å². The van der Waals surface area contributed by atoms with Gasteiger partial charge in [0.25, 0.3) is 0 Å². The maximum atomic E-state index is 12.8. The van der Waals surface area contributed by atoms with Crippen LogP contribution in [0.2, 0.25) is 0 Å². The second-order valence-electron chi connectivity index (χ2n) is 6.01. The second kappa shape index (κ2) is 7.84. The highest BCUT2D eigenvalue weighted by Gasteiger charge is 2.23. The molecule has 0 bridgehead atoms. The molecule has 0 saturated heterocycles. The summed E-state index contributed by atoms with van der Waals surface area (Å²) in [4.78, 5) is 0.0402. The molecular formula is C18H21N3O4S. The summed E-state index contributed by atoms with van der Waals surface area (Å²) in [5.41, 5.74) is 1.42. The minimum atomic E-state index is -3.79. The van der Waals surface area contributed by atoms with Gasteiger partial charge in [0.2, 0.25) is 10.0 Å². The Morgan fingerprint density at radius 1 is 1.19 bits per heavy atom. The van der Waals surface area contributed by atoms with E-state index < -0.39 is 16.1 Å². The lowest BCUT2D eigenvalue weighted by atomic mass is 10.1. The Bertz CT molecular complexity index is 985. The molecule has 7 nitrogen and oxygen atoms in total. The highest BCUT2D eigenvalue weighted by molar-refractivity contribution is 7.89. The summed E-state index contributed by atoms with van der Waals surface area (Å²) in [6.07, 6.45) is 2.03. The third kappa shape index (κ3) is 4.03. The first-order chi connectivity index (χ1) is 12.5. The number of nitrogens with zero attached hydrogens (tertiary/aromatic N) is 2. The van der Waals surface area contributed by atoms with Crippen molar-refractivity contribution >= 4 is 21.1 Å². The first kappa shape index (κ1) is 18.3. The molecule has 3 rings (SSSR count). The number of sulfonamides is 1. The lowest BCUT2D eigenvalue weighted by Crippen LogP contribution is -2.27. The second-order valence-corrected chi connectivity index (χ2v) is 7.69. The molecule has 1 heterocycles. The van der Waals surface area contributed by atoms with Crippen LogP contribution in [0.4, 0.5) is 0 Å². The molecule has 0 radical (unpaired) electrons. The molecule has 1 aromatic heterocycles. The number of unbranched alkanes of at least 4 members (excludes halogenated alkanes) is 1. The fourth-order valence-corrected chi connectivity index (χ4v) is 3.95. The van der Waals surface area contributed by atoms with Gasteiger partial charge in [-0.05, 0) is 53.5 Å². The fourth-order valence-electron chi connectivity index (χ4n) is 2.57. The van der Waals surface area contributed by atoms with Crippen LogP contribution in [0.1, 0.15) is 38.3 Å². The van der Waals surface area contributed by atoms with Crippen LogP contribution < -0.4 is 9.46 Å². The van der Waals surface area contributed by atoms with Crippen LogP contribution in [0.3, 0.4) is 0 Å². The molecule has 138 valence electrons. The summed E-state index contributed by atoms with van der Waals surface area (Å²) in [7, 11) is -3.79. The Balaban J connectivity index is 1.79. The lowest BCUT2D eigenvalue weighted by Gasteiger charge is -2.16. The van der Waals surface area contributed by atoms with Gasteiger partial charge in [0, 0.05) is 6.04 Å². The van der Waals surface area contributed by atoms with E-state index in [0.29, 0.717) is 12.1 Å². The summed E-state index contributed by atoms with van der Waals surface area (Å²) >= 11 is 0. The zero-order valence-corrected chi connectivity index (χ0v) is 15.5. The van der Waals surface area contributed by atoms with Crippen molar-refractivity contribution in [3.05, 3.63) is 48.0 Å². The van der Waals surface area contributed by atoms with Gasteiger partial charge in [-0.25, -0.2) is 17.8 Å². The number of benzene rings is 2. The maximum Gasteiger partial charge on any atom is 0.243 e. The molecular weight excluding hydrogens is 354 g/mol. The Kier molecular flexibility index (Phi) is 5.53. The number of fused-ring (bicyclic) bond motifs is 1. The quantitative estimate of drug-likeness (QED) is 0.606. The van der Waals surface area contributed by atoms with Crippen LogP contribution >= 0.6 is 0 Å². The molecule has 2 aromatic carbocycles. The molecule has 0 saturated carbocycles. The van der Waals surface area contributed by atoms with Crippen LogP contribution in [0.25, 0.3) is 11.0 Å². The Labute approximate surface area is 152 Å². The molecule has 3 aromatic rings. The minimum absolute atomic E-state index is 0.0402. The van der Waals surface area contributed by atoms with Crippen molar-refractivity contribution in [2.24, 2.45) is 0 Å². The molecule has 0 unspecified atom stereocenters. The van der Waals surface area contributed by atoms with Gasteiger partial charge in [-0.3, -0.25) is 0 Å². The Morgan fingerprint density at radius 2 is 2.00 bits per heavy atom. The normalized spacial score (nSPS) is 13.0. The van der Waals surface area contributed by atoms with Crippen LogP contribution in [-0.2, 0) is 10.0 Å². The summed E-state index contributed by atoms with van der Waals surface area (Å²) in [6.45, 7) is 4.52. The predicted octanol–water partition coefficient (Wildman–Crippen LogP) is 3.44. The number of hydrogen-bond acceptors (Lipinski definition) is 6. The molecule has 0 aliphatic heterocycles. The van der Waals surface area contributed by atoms with Crippen molar-refractivity contribution in [2.45, 2.75) is 37.6 Å². The van der Waals surface area contributed by atoms with Crippen LogP contribution in [0.5, 0.6) is 5.75 Å². The first-order valence-electron chi connectivity index (χ1n) is 8.47. The number of nitrogens with one attached hydrogen (secondary N) is 1. The average molecular weight is 375 g/mol. The van der Waals surface area contributed by atoms with Gasteiger partial charge in [-0.15, -0.1) is 0 Å². The molecule has 8 heteroatoms. The zero-order chi connectivity index (χ0) is 18.6. The predicted molar refractivity (Wildman–Crippen MR) is 97.4 cm³/mol. The molecule has 0 fully saturated rings. The van der Waals surface area contributed by atoms with E-state index in [1.165, 1.54) is 6.07 Å². The van der Waals surface area contributed by atoms with Crippen molar-refractivity contribution in [1.82, 2.24) is 15.0 Å². The molecule has 0 aliphatic rings. The molecule has 0 spiro atoms. The van der Waals surface area contributed by atoms with Crippen LogP contribution in [0, 0.1) is 0 Å². The van der Waals surface area contributed by atoms with Crippen LogP contribution in [0.15, 0.2) is 52.0 Å². The highest BCUT2D eigenvalue weighted by Crippen LogP contribution is 2.24. The first-order valence-corrected chi connectivity index (χ1v) is 9.96. The molecule has 26 heavy (non-hydrogen) atoms. The van der Waals surface area contributed by atoms with E-state index in [4.69, 9.17) is 4.74 Å². The SMILES string of the molecule is CCCCOc1cccc([C@@H](C)NS(=O)(=O)c2cccc3nonc23)c1. The van der Waals surface area contributed by atoms with Crippen molar-refractivity contribution < 1.29 is 17.8 Å². The summed E-state index contributed by atoms with van der Waals surface area (Å²) in [5.74, 6) is 0.727. The minimum Gasteiger partial charge on any atom is -0.494 e. The van der Waals surface area contributed by atoms with Gasteiger partial charge in [-0.1, -0.05) is 31.5 Å². The van der Waals surface area contributed by atoms with E-state index >= 15 is 0 Å². The number of aromatic nitrogens is 2. The average Bonchev–Trinajstić information content (AvgIpc) is 3.10. The maximum absolute atomic E-state index is 12.8. The number of hydrogen-bond donors (Lipinski definition) is 1. The van der Waals surface area contributed by atoms with Crippen LogP contribution in [-0.4, -0.2) is 25.3 Å². The van der Waals surface area contributed by atoms with Gasteiger partial charge < -0.3 is 4.74 Å². The van der Waals surface area contributed by atoms with Crippen molar-refractivity contribution in [2.75, 3.05) is 6.61 Å². The van der Waals surface area contributed by atoms with Gasteiger partial charge in [0.15, 0.2) is 5.52 Å². The van der Waals surface area contributed by atoms with Gasteiger partial charge in [0.05, 0.1) is 6.61 Å². The number of rotatable bonds is 8.